The molecule has 110 valence electrons. The fourth-order valence-electron chi connectivity index (χ4n) is 2.04. The van der Waals surface area contributed by atoms with E-state index in [2.05, 4.69) is 11.9 Å². The van der Waals surface area contributed by atoms with Crippen LogP contribution in [0.25, 0.3) is 0 Å². The van der Waals surface area contributed by atoms with E-state index in [4.69, 9.17) is 18.9 Å². The minimum Gasteiger partial charge on any atom is -0.388 e. The Morgan fingerprint density at radius 1 is 1.32 bits per heavy atom. The van der Waals surface area contributed by atoms with Gasteiger partial charge in [0.1, 0.15) is 24.4 Å². The first-order valence-electron chi connectivity index (χ1n) is 5.91. The Kier molecular flexibility index (Phi) is 6.40. The van der Waals surface area contributed by atoms with Gasteiger partial charge in [-0.15, -0.1) is 0 Å². The number of carbonyl (C=O) groups excluding carboxylic acids is 1. The molecule has 1 aliphatic heterocycles. The van der Waals surface area contributed by atoms with Crippen LogP contribution in [0.15, 0.2) is 12.7 Å². The van der Waals surface area contributed by atoms with Gasteiger partial charge >= 0.3 is 0 Å². The van der Waals surface area contributed by atoms with E-state index in [9.17, 15) is 9.90 Å². The molecule has 5 atom stereocenters. The molecule has 0 saturated carbocycles. The summed E-state index contributed by atoms with van der Waals surface area (Å²) in [6.45, 7) is 3.47. The van der Waals surface area contributed by atoms with Gasteiger partial charge in [0, 0.05) is 27.9 Å². The number of aliphatic hydroxyl groups excluding tert-OH is 1. The van der Waals surface area contributed by atoms with E-state index in [1.54, 1.807) is 0 Å². The van der Waals surface area contributed by atoms with Crippen molar-refractivity contribution in [1.29, 1.82) is 0 Å². The third-order valence-electron chi connectivity index (χ3n) is 3.06. The van der Waals surface area contributed by atoms with Crippen LogP contribution in [0.2, 0.25) is 0 Å². The lowest BCUT2D eigenvalue weighted by Crippen LogP contribution is -2.61. The van der Waals surface area contributed by atoms with E-state index in [0.717, 1.165) is 6.08 Å². The Morgan fingerprint density at radius 2 is 1.95 bits per heavy atom. The highest BCUT2D eigenvalue weighted by molar-refractivity contribution is 5.86. The lowest BCUT2D eigenvalue weighted by atomic mass is 9.98. The SMILES string of the molecule is C=CC(=O)NCC1OC(OC)C(OC)C(OC)C1O. The lowest BCUT2D eigenvalue weighted by Gasteiger charge is -2.42. The van der Waals surface area contributed by atoms with E-state index in [0.29, 0.717) is 0 Å². The van der Waals surface area contributed by atoms with Crippen LogP contribution >= 0.6 is 0 Å². The molecule has 1 amide bonds. The summed E-state index contributed by atoms with van der Waals surface area (Å²) in [5, 5.41) is 12.7. The molecule has 2 N–H and O–H groups in total. The average Bonchev–Trinajstić information content (AvgIpc) is 2.44. The summed E-state index contributed by atoms with van der Waals surface area (Å²) >= 11 is 0. The Balaban J connectivity index is 2.72. The molecule has 0 bridgehead atoms. The van der Waals surface area contributed by atoms with E-state index >= 15 is 0 Å². The zero-order valence-corrected chi connectivity index (χ0v) is 11.4. The standard InChI is InChI=1S/C12H21NO6/c1-5-8(14)13-6-7-9(15)10(16-2)11(17-3)12(18-4)19-7/h5,7,9-12,15H,1,6H2,2-4H3,(H,13,14). The van der Waals surface area contributed by atoms with Gasteiger partial charge in [0.25, 0.3) is 0 Å². The zero-order chi connectivity index (χ0) is 14.4. The first-order chi connectivity index (χ1) is 9.08. The Hall–Kier alpha value is -0.990. The van der Waals surface area contributed by atoms with Gasteiger partial charge in [0.2, 0.25) is 5.91 Å². The van der Waals surface area contributed by atoms with Crippen LogP contribution in [0.1, 0.15) is 0 Å². The molecular formula is C12H21NO6. The Morgan fingerprint density at radius 3 is 2.42 bits per heavy atom. The summed E-state index contributed by atoms with van der Waals surface area (Å²) in [5.74, 6) is -0.340. The normalized spacial score (nSPS) is 34.8. The predicted molar refractivity (Wildman–Crippen MR) is 66.5 cm³/mol. The molecule has 1 fully saturated rings. The Labute approximate surface area is 112 Å². The fourth-order valence-corrected chi connectivity index (χ4v) is 2.04. The highest BCUT2D eigenvalue weighted by Gasteiger charge is 2.46. The molecule has 1 heterocycles. The van der Waals surface area contributed by atoms with Gasteiger partial charge < -0.3 is 29.4 Å². The molecule has 0 aliphatic carbocycles. The smallest absolute Gasteiger partial charge is 0.243 e. The summed E-state index contributed by atoms with van der Waals surface area (Å²) in [7, 11) is 4.43. The summed E-state index contributed by atoms with van der Waals surface area (Å²) in [4.78, 5) is 11.1. The van der Waals surface area contributed by atoms with Crippen LogP contribution in [0.3, 0.4) is 0 Å². The third kappa shape index (κ3) is 3.74. The van der Waals surface area contributed by atoms with Gasteiger partial charge in [-0.3, -0.25) is 4.79 Å². The molecule has 1 saturated heterocycles. The van der Waals surface area contributed by atoms with Gasteiger partial charge in [0.15, 0.2) is 6.29 Å². The molecule has 0 aromatic rings. The second-order valence-corrected chi connectivity index (χ2v) is 4.12. The van der Waals surface area contributed by atoms with Crippen molar-refractivity contribution in [2.45, 2.75) is 30.7 Å². The van der Waals surface area contributed by atoms with Crippen molar-refractivity contribution < 1.29 is 28.8 Å². The van der Waals surface area contributed by atoms with Crippen molar-refractivity contribution in [3.63, 3.8) is 0 Å². The molecule has 0 aromatic carbocycles. The van der Waals surface area contributed by atoms with Crippen molar-refractivity contribution in [2.24, 2.45) is 0 Å². The van der Waals surface area contributed by atoms with Crippen LogP contribution < -0.4 is 5.32 Å². The monoisotopic (exact) mass is 275 g/mol. The molecule has 7 heteroatoms. The van der Waals surface area contributed by atoms with Crippen LogP contribution in [0, 0.1) is 0 Å². The van der Waals surface area contributed by atoms with Gasteiger partial charge in [-0.1, -0.05) is 6.58 Å². The molecule has 0 aromatic heterocycles. The fraction of sp³-hybridized carbons (Fsp3) is 0.750. The zero-order valence-electron chi connectivity index (χ0n) is 11.4. The lowest BCUT2D eigenvalue weighted by molar-refractivity contribution is -0.297. The van der Waals surface area contributed by atoms with Crippen molar-refractivity contribution in [3.8, 4) is 0 Å². The average molecular weight is 275 g/mol. The second-order valence-electron chi connectivity index (χ2n) is 4.12. The van der Waals surface area contributed by atoms with Crippen molar-refractivity contribution in [3.05, 3.63) is 12.7 Å². The number of hydrogen-bond donors (Lipinski definition) is 2. The molecule has 5 unspecified atom stereocenters. The predicted octanol–water partition coefficient (Wildman–Crippen LogP) is -0.949. The molecule has 19 heavy (non-hydrogen) atoms. The topological polar surface area (TPSA) is 86.3 Å². The van der Waals surface area contributed by atoms with Crippen LogP contribution in [-0.2, 0) is 23.7 Å². The largest absolute Gasteiger partial charge is 0.388 e. The Bertz CT molecular complexity index is 311. The highest BCUT2D eigenvalue weighted by Crippen LogP contribution is 2.25. The number of amides is 1. The maximum Gasteiger partial charge on any atom is 0.243 e. The summed E-state index contributed by atoms with van der Waals surface area (Å²) in [6, 6.07) is 0. The number of carbonyl (C=O) groups is 1. The van der Waals surface area contributed by atoms with Crippen LogP contribution in [-0.4, -0.2) is 69.6 Å². The minimum absolute atomic E-state index is 0.127. The first kappa shape index (κ1) is 16.1. The third-order valence-corrected chi connectivity index (χ3v) is 3.06. The number of hydrogen-bond acceptors (Lipinski definition) is 6. The maximum atomic E-state index is 11.1. The van der Waals surface area contributed by atoms with Crippen molar-refractivity contribution in [1.82, 2.24) is 5.32 Å². The molecule has 0 radical (unpaired) electrons. The number of ether oxygens (including phenoxy) is 4. The molecule has 7 nitrogen and oxygen atoms in total. The number of nitrogens with one attached hydrogen (secondary N) is 1. The number of rotatable bonds is 6. The molecular weight excluding hydrogens is 254 g/mol. The van der Waals surface area contributed by atoms with Crippen LogP contribution in [0.5, 0.6) is 0 Å². The van der Waals surface area contributed by atoms with Crippen LogP contribution in [0.4, 0.5) is 0 Å². The number of aliphatic hydroxyl groups is 1. The minimum atomic E-state index is -0.938. The van der Waals surface area contributed by atoms with Gasteiger partial charge in [-0.2, -0.15) is 0 Å². The highest BCUT2D eigenvalue weighted by atomic mass is 16.7. The van der Waals surface area contributed by atoms with Gasteiger partial charge in [0.05, 0.1) is 0 Å². The summed E-state index contributed by atoms with van der Waals surface area (Å²) in [6.07, 6.45) is -2.26. The van der Waals surface area contributed by atoms with E-state index in [-0.39, 0.29) is 12.5 Å². The molecule has 1 rings (SSSR count). The van der Waals surface area contributed by atoms with E-state index < -0.39 is 30.7 Å². The van der Waals surface area contributed by atoms with Gasteiger partial charge in [-0.25, -0.2) is 0 Å². The van der Waals surface area contributed by atoms with Crippen molar-refractivity contribution in [2.75, 3.05) is 27.9 Å². The summed E-state index contributed by atoms with van der Waals surface area (Å²) in [5.41, 5.74) is 0. The van der Waals surface area contributed by atoms with E-state index in [1.807, 2.05) is 0 Å². The van der Waals surface area contributed by atoms with Gasteiger partial charge in [-0.05, 0) is 6.08 Å². The quantitative estimate of drug-likeness (QED) is 0.608. The van der Waals surface area contributed by atoms with E-state index in [1.165, 1.54) is 21.3 Å². The summed E-state index contributed by atoms with van der Waals surface area (Å²) < 4.78 is 21.2. The molecule has 0 spiro atoms. The van der Waals surface area contributed by atoms with Crippen molar-refractivity contribution >= 4 is 5.91 Å². The molecule has 1 aliphatic rings. The number of methoxy groups -OCH3 is 3. The second kappa shape index (κ2) is 7.56. The first-order valence-corrected chi connectivity index (χ1v) is 5.91. The maximum absolute atomic E-state index is 11.1.